The highest BCUT2D eigenvalue weighted by Gasteiger charge is 2.27. The Hall–Kier alpha value is -3.03. The molecule has 0 saturated carbocycles. The molecular formula is C23H23ClN4O3. The summed E-state index contributed by atoms with van der Waals surface area (Å²) in [5.41, 5.74) is 3.23. The van der Waals surface area contributed by atoms with Gasteiger partial charge < -0.3 is 20.1 Å². The molecule has 160 valence electrons. The van der Waals surface area contributed by atoms with Gasteiger partial charge in [0, 0.05) is 12.5 Å². The molecule has 7 nitrogen and oxygen atoms in total. The Labute approximate surface area is 185 Å². The first-order valence-corrected chi connectivity index (χ1v) is 10.8. The van der Waals surface area contributed by atoms with Crippen LogP contribution in [0.25, 0.3) is 5.69 Å². The van der Waals surface area contributed by atoms with Crippen LogP contribution in [0.5, 0.6) is 11.5 Å². The van der Waals surface area contributed by atoms with E-state index < -0.39 is 0 Å². The van der Waals surface area contributed by atoms with Crippen LogP contribution >= 0.6 is 11.6 Å². The van der Waals surface area contributed by atoms with Crippen LogP contribution < -0.4 is 20.1 Å². The fourth-order valence-corrected chi connectivity index (χ4v) is 4.38. The van der Waals surface area contributed by atoms with Crippen molar-refractivity contribution >= 4 is 17.5 Å². The number of amides is 1. The van der Waals surface area contributed by atoms with Gasteiger partial charge in [-0.15, -0.1) is 0 Å². The minimum absolute atomic E-state index is 0.149. The molecule has 1 amide bonds. The zero-order valence-corrected chi connectivity index (χ0v) is 17.7. The molecular weight excluding hydrogens is 416 g/mol. The summed E-state index contributed by atoms with van der Waals surface area (Å²) in [6.07, 6.45) is 3.53. The quantitative estimate of drug-likeness (QED) is 0.635. The van der Waals surface area contributed by atoms with Gasteiger partial charge in [0.25, 0.3) is 5.91 Å². The highest BCUT2D eigenvalue weighted by Crippen LogP contribution is 2.33. The monoisotopic (exact) mass is 438 g/mol. The number of benzene rings is 2. The standard InChI is InChI=1S/C23H23ClN4O3/c24-18-3-1-2-4-19(18)28-22(16-7-9-25-10-8-16)17(13-27-28)23(29)26-12-15-5-6-20-21(11-15)31-14-30-20/h1-6,11,13,16,25H,7-10,12,14H2,(H,26,29). The largest absolute Gasteiger partial charge is 0.454 e. The number of carbonyl (C=O) groups is 1. The van der Waals surface area contributed by atoms with Crippen molar-refractivity contribution in [3.8, 4) is 17.2 Å². The van der Waals surface area contributed by atoms with Crippen LogP contribution in [-0.2, 0) is 6.54 Å². The molecule has 1 saturated heterocycles. The van der Waals surface area contributed by atoms with Gasteiger partial charge >= 0.3 is 0 Å². The maximum Gasteiger partial charge on any atom is 0.255 e. The molecule has 8 heteroatoms. The Kier molecular flexibility index (Phi) is 5.53. The molecule has 2 aliphatic heterocycles. The van der Waals surface area contributed by atoms with Crippen molar-refractivity contribution in [2.45, 2.75) is 25.3 Å². The predicted octanol–water partition coefficient (Wildman–Crippen LogP) is 3.65. The molecule has 0 aliphatic carbocycles. The number of nitrogens with one attached hydrogen (secondary N) is 2. The number of fused-ring (bicyclic) bond motifs is 1. The summed E-state index contributed by atoms with van der Waals surface area (Å²) >= 11 is 6.45. The summed E-state index contributed by atoms with van der Waals surface area (Å²) in [6.45, 7) is 2.44. The zero-order valence-electron chi connectivity index (χ0n) is 16.9. The van der Waals surface area contributed by atoms with Crippen molar-refractivity contribution in [2.75, 3.05) is 19.9 Å². The summed E-state index contributed by atoms with van der Waals surface area (Å²) in [7, 11) is 0. The third-order valence-electron chi connectivity index (χ3n) is 5.75. The summed E-state index contributed by atoms with van der Waals surface area (Å²) < 4.78 is 12.6. The lowest BCUT2D eigenvalue weighted by atomic mass is 9.91. The van der Waals surface area contributed by atoms with E-state index in [0.29, 0.717) is 22.9 Å². The summed E-state index contributed by atoms with van der Waals surface area (Å²) in [5, 5.41) is 11.6. The summed E-state index contributed by atoms with van der Waals surface area (Å²) in [4.78, 5) is 13.2. The average molecular weight is 439 g/mol. The van der Waals surface area contributed by atoms with Gasteiger partial charge in [0.2, 0.25) is 6.79 Å². The number of hydrogen-bond acceptors (Lipinski definition) is 5. The van der Waals surface area contributed by atoms with Crippen molar-refractivity contribution in [1.29, 1.82) is 0 Å². The lowest BCUT2D eigenvalue weighted by molar-refractivity contribution is 0.0949. The van der Waals surface area contributed by atoms with Crippen LogP contribution in [0.4, 0.5) is 0 Å². The number of aromatic nitrogens is 2. The third-order valence-corrected chi connectivity index (χ3v) is 6.07. The van der Waals surface area contributed by atoms with Gasteiger partial charge in [0.1, 0.15) is 0 Å². The zero-order chi connectivity index (χ0) is 21.2. The van der Waals surface area contributed by atoms with Crippen LogP contribution in [0.1, 0.15) is 40.4 Å². The Bertz CT molecular complexity index is 1110. The Morgan fingerprint density at radius 1 is 1.16 bits per heavy atom. The first kappa shape index (κ1) is 19.9. The van der Waals surface area contributed by atoms with E-state index in [1.807, 2.05) is 47.1 Å². The van der Waals surface area contributed by atoms with Gasteiger partial charge in [-0.25, -0.2) is 4.68 Å². The average Bonchev–Trinajstić information content (AvgIpc) is 3.45. The first-order chi connectivity index (χ1) is 15.2. The fourth-order valence-electron chi connectivity index (χ4n) is 4.17. The van der Waals surface area contributed by atoms with Gasteiger partial charge in [-0.2, -0.15) is 5.10 Å². The number of hydrogen-bond donors (Lipinski definition) is 2. The molecule has 0 radical (unpaired) electrons. The molecule has 3 aromatic rings. The number of piperidine rings is 1. The van der Waals surface area contributed by atoms with Gasteiger partial charge in [-0.3, -0.25) is 4.79 Å². The molecule has 0 bridgehead atoms. The molecule has 0 unspecified atom stereocenters. The van der Waals surface area contributed by atoms with Crippen molar-refractivity contribution in [3.63, 3.8) is 0 Å². The molecule has 31 heavy (non-hydrogen) atoms. The van der Waals surface area contributed by atoms with E-state index in [-0.39, 0.29) is 18.6 Å². The first-order valence-electron chi connectivity index (χ1n) is 10.4. The van der Waals surface area contributed by atoms with Crippen LogP contribution in [0.2, 0.25) is 5.02 Å². The maximum atomic E-state index is 13.2. The molecule has 2 aromatic carbocycles. The molecule has 2 N–H and O–H groups in total. The molecule has 3 heterocycles. The van der Waals surface area contributed by atoms with Gasteiger partial charge in [0.15, 0.2) is 11.5 Å². The minimum Gasteiger partial charge on any atom is -0.454 e. The maximum absolute atomic E-state index is 13.2. The highest BCUT2D eigenvalue weighted by atomic mass is 35.5. The SMILES string of the molecule is O=C(NCc1ccc2c(c1)OCO2)c1cnn(-c2ccccc2Cl)c1C1CCNCC1. The number of para-hydroxylation sites is 1. The third kappa shape index (κ3) is 3.98. The van der Waals surface area contributed by atoms with Gasteiger partial charge in [0.05, 0.1) is 28.2 Å². The molecule has 0 atom stereocenters. The van der Waals surface area contributed by atoms with Crippen molar-refractivity contribution in [3.05, 3.63) is 70.5 Å². The highest BCUT2D eigenvalue weighted by molar-refractivity contribution is 6.32. The second kappa shape index (κ2) is 8.61. The lowest BCUT2D eigenvalue weighted by Crippen LogP contribution is -2.30. The van der Waals surface area contributed by atoms with E-state index in [9.17, 15) is 4.79 Å². The lowest BCUT2D eigenvalue weighted by Gasteiger charge is -2.25. The van der Waals surface area contributed by atoms with E-state index in [4.69, 9.17) is 21.1 Å². The Morgan fingerprint density at radius 2 is 1.97 bits per heavy atom. The van der Waals surface area contributed by atoms with E-state index in [0.717, 1.165) is 48.6 Å². The second-order valence-corrected chi connectivity index (χ2v) is 8.11. The van der Waals surface area contributed by atoms with Crippen LogP contribution in [0.3, 0.4) is 0 Å². The predicted molar refractivity (Wildman–Crippen MR) is 117 cm³/mol. The Balaban J connectivity index is 1.42. The topological polar surface area (TPSA) is 77.4 Å². The van der Waals surface area contributed by atoms with Gasteiger partial charge in [-0.05, 0) is 55.8 Å². The summed E-state index contributed by atoms with van der Waals surface area (Å²) in [5.74, 6) is 1.51. The minimum atomic E-state index is -0.149. The normalized spacial score (nSPS) is 15.8. The van der Waals surface area contributed by atoms with E-state index in [1.165, 1.54) is 0 Å². The summed E-state index contributed by atoms with van der Waals surface area (Å²) in [6, 6.07) is 13.3. The van der Waals surface area contributed by atoms with Gasteiger partial charge in [-0.1, -0.05) is 29.8 Å². The molecule has 5 rings (SSSR count). The van der Waals surface area contributed by atoms with Crippen molar-refractivity contribution in [1.82, 2.24) is 20.4 Å². The van der Waals surface area contributed by atoms with Crippen molar-refractivity contribution in [2.24, 2.45) is 0 Å². The number of nitrogens with zero attached hydrogens (tertiary/aromatic N) is 2. The molecule has 2 aliphatic rings. The number of ether oxygens (including phenoxy) is 2. The van der Waals surface area contributed by atoms with E-state index in [1.54, 1.807) is 6.20 Å². The van der Waals surface area contributed by atoms with Crippen LogP contribution in [-0.4, -0.2) is 35.6 Å². The number of halogens is 1. The van der Waals surface area contributed by atoms with Crippen LogP contribution in [0.15, 0.2) is 48.7 Å². The Morgan fingerprint density at radius 3 is 2.81 bits per heavy atom. The van der Waals surface area contributed by atoms with E-state index in [2.05, 4.69) is 15.7 Å². The smallest absolute Gasteiger partial charge is 0.255 e. The molecule has 0 spiro atoms. The number of carbonyl (C=O) groups excluding carboxylic acids is 1. The number of rotatable bonds is 5. The van der Waals surface area contributed by atoms with Crippen molar-refractivity contribution < 1.29 is 14.3 Å². The molecule has 1 aromatic heterocycles. The fraction of sp³-hybridized carbons (Fsp3) is 0.304. The molecule has 1 fully saturated rings. The second-order valence-electron chi connectivity index (χ2n) is 7.70. The van der Waals surface area contributed by atoms with E-state index >= 15 is 0 Å². The van der Waals surface area contributed by atoms with Crippen LogP contribution in [0, 0.1) is 0 Å².